The summed E-state index contributed by atoms with van der Waals surface area (Å²) in [5.74, 6) is 0. The molecular formula is C14H13I. The topological polar surface area (TPSA) is 0 Å². The van der Waals surface area contributed by atoms with E-state index in [0.29, 0.717) is 0 Å². The van der Waals surface area contributed by atoms with Crippen molar-refractivity contribution in [2.45, 2.75) is 6.42 Å². The zero-order chi connectivity index (χ0) is 10.5. The zero-order valence-corrected chi connectivity index (χ0v) is 10.6. The molecule has 0 aromatic heterocycles. The van der Waals surface area contributed by atoms with Gasteiger partial charge in [0.05, 0.1) is 0 Å². The minimum absolute atomic E-state index is 1.16. The van der Waals surface area contributed by atoms with Crippen LogP contribution in [0.15, 0.2) is 54.6 Å². The molecule has 0 atom stereocenters. The summed E-state index contributed by atoms with van der Waals surface area (Å²) in [5, 5.41) is 0. The van der Waals surface area contributed by atoms with Crippen molar-refractivity contribution in [1.29, 1.82) is 0 Å². The lowest BCUT2D eigenvalue weighted by Gasteiger charge is -2.02. The lowest BCUT2D eigenvalue weighted by atomic mass is 10.0. The number of aryl methyl sites for hydroxylation is 1. The highest BCUT2D eigenvalue weighted by atomic mass is 127. The van der Waals surface area contributed by atoms with E-state index in [4.69, 9.17) is 0 Å². The van der Waals surface area contributed by atoms with Crippen molar-refractivity contribution in [2.75, 3.05) is 4.43 Å². The molecule has 0 aliphatic rings. The Bertz CT molecular complexity index is 403. The van der Waals surface area contributed by atoms with Crippen molar-refractivity contribution in [3.05, 3.63) is 60.2 Å². The molecule has 15 heavy (non-hydrogen) atoms. The third-order valence-corrected chi connectivity index (χ3v) is 2.98. The van der Waals surface area contributed by atoms with Crippen molar-refractivity contribution in [1.82, 2.24) is 0 Å². The van der Waals surface area contributed by atoms with Crippen LogP contribution in [-0.2, 0) is 6.42 Å². The van der Waals surface area contributed by atoms with Crippen LogP contribution in [0, 0.1) is 0 Å². The molecule has 0 N–H and O–H groups in total. The summed E-state index contributed by atoms with van der Waals surface area (Å²) in [6.45, 7) is 0. The van der Waals surface area contributed by atoms with Gasteiger partial charge in [-0.25, -0.2) is 0 Å². The first-order valence-electron chi connectivity index (χ1n) is 5.10. The summed E-state index contributed by atoms with van der Waals surface area (Å²) in [6.07, 6.45) is 1.16. The molecular weight excluding hydrogens is 295 g/mol. The third-order valence-electron chi connectivity index (χ3n) is 2.44. The van der Waals surface area contributed by atoms with E-state index in [0.717, 1.165) is 6.42 Å². The second-order valence-electron chi connectivity index (χ2n) is 3.50. The molecule has 2 aromatic rings. The van der Waals surface area contributed by atoms with Gasteiger partial charge in [-0.2, -0.15) is 0 Å². The molecule has 0 saturated heterocycles. The number of alkyl halides is 1. The molecule has 0 nitrogen and oxygen atoms in total. The Morgan fingerprint density at radius 2 is 1.33 bits per heavy atom. The third kappa shape index (κ3) is 2.81. The van der Waals surface area contributed by atoms with Gasteiger partial charge in [0.1, 0.15) is 0 Å². The summed E-state index contributed by atoms with van der Waals surface area (Å²) in [7, 11) is 0. The fourth-order valence-electron chi connectivity index (χ4n) is 1.60. The molecule has 0 radical (unpaired) electrons. The molecule has 0 bridgehead atoms. The number of rotatable bonds is 3. The first kappa shape index (κ1) is 10.7. The van der Waals surface area contributed by atoms with Crippen LogP contribution in [0.1, 0.15) is 5.56 Å². The maximum atomic E-state index is 2.41. The van der Waals surface area contributed by atoms with E-state index in [1.165, 1.54) is 21.1 Å². The standard InChI is InChI=1S/C14H13I/c15-11-10-12-6-8-14(9-7-12)13-4-2-1-3-5-13/h1-9H,10-11H2. The summed E-state index contributed by atoms with van der Waals surface area (Å²) in [6, 6.07) is 19.4. The van der Waals surface area contributed by atoms with E-state index in [1.54, 1.807) is 0 Å². The largest absolute Gasteiger partial charge is 0.0860 e. The fourth-order valence-corrected chi connectivity index (χ4v) is 2.23. The first-order chi connectivity index (χ1) is 7.40. The van der Waals surface area contributed by atoms with Crippen LogP contribution in [0.4, 0.5) is 0 Å². The second kappa shape index (κ2) is 5.31. The van der Waals surface area contributed by atoms with Crippen molar-refractivity contribution >= 4 is 22.6 Å². The van der Waals surface area contributed by atoms with Crippen LogP contribution >= 0.6 is 22.6 Å². The summed E-state index contributed by atoms with van der Waals surface area (Å²) in [4.78, 5) is 0. The lowest BCUT2D eigenvalue weighted by molar-refractivity contribution is 1.18. The highest BCUT2D eigenvalue weighted by molar-refractivity contribution is 14.1. The molecule has 0 heterocycles. The first-order valence-corrected chi connectivity index (χ1v) is 6.63. The molecule has 0 unspecified atom stereocenters. The van der Waals surface area contributed by atoms with E-state index in [-0.39, 0.29) is 0 Å². The van der Waals surface area contributed by atoms with Gasteiger partial charge in [-0.1, -0.05) is 77.2 Å². The quantitative estimate of drug-likeness (QED) is 0.585. The van der Waals surface area contributed by atoms with Gasteiger partial charge in [0, 0.05) is 4.43 Å². The molecule has 1 heteroatoms. The zero-order valence-electron chi connectivity index (χ0n) is 8.49. The predicted molar refractivity (Wildman–Crippen MR) is 74.5 cm³/mol. The number of hydrogen-bond acceptors (Lipinski definition) is 0. The summed E-state index contributed by atoms with van der Waals surface area (Å²) >= 11 is 2.41. The van der Waals surface area contributed by atoms with E-state index >= 15 is 0 Å². The van der Waals surface area contributed by atoms with Gasteiger partial charge in [0.2, 0.25) is 0 Å². The minimum Gasteiger partial charge on any atom is -0.0860 e. The van der Waals surface area contributed by atoms with Crippen LogP contribution in [0.2, 0.25) is 0 Å². The molecule has 0 saturated carbocycles. The number of halogens is 1. The Kier molecular flexibility index (Phi) is 3.78. The van der Waals surface area contributed by atoms with Crippen molar-refractivity contribution < 1.29 is 0 Å². The normalized spacial score (nSPS) is 10.2. The van der Waals surface area contributed by atoms with Crippen LogP contribution in [0.5, 0.6) is 0 Å². The van der Waals surface area contributed by atoms with Gasteiger partial charge in [-0.3, -0.25) is 0 Å². The van der Waals surface area contributed by atoms with Crippen LogP contribution in [0.3, 0.4) is 0 Å². The van der Waals surface area contributed by atoms with E-state index in [2.05, 4.69) is 71.1 Å². The van der Waals surface area contributed by atoms with Crippen LogP contribution < -0.4 is 0 Å². The highest BCUT2D eigenvalue weighted by Crippen LogP contribution is 2.19. The summed E-state index contributed by atoms with van der Waals surface area (Å²) in [5.41, 5.74) is 4.01. The van der Waals surface area contributed by atoms with Crippen LogP contribution in [-0.4, -0.2) is 4.43 Å². The highest BCUT2D eigenvalue weighted by Gasteiger charge is 1.96. The number of benzene rings is 2. The van der Waals surface area contributed by atoms with Gasteiger partial charge < -0.3 is 0 Å². The molecule has 0 aliphatic carbocycles. The average molecular weight is 308 g/mol. The predicted octanol–water partition coefficient (Wildman–Crippen LogP) is 4.33. The Morgan fingerprint density at radius 3 is 1.93 bits per heavy atom. The second-order valence-corrected chi connectivity index (χ2v) is 4.58. The Labute approximate surface area is 104 Å². The van der Waals surface area contributed by atoms with E-state index in [1.807, 2.05) is 6.07 Å². The Hall–Kier alpha value is -0.830. The van der Waals surface area contributed by atoms with E-state index in [9.17, 15) is 0 Å². The molecule has 0 aliphatic heterocycles. The monoisotopic (exact) mass is 308 g/mol. The van der Waals surface area contributed by atoms with Crippen molar-refractivity contribution in [2.24, 2.45) is 0 Å². The van der Waals surface area contributed by atoms with Crippen LogP contribution in [0.25, 0.3) is 11.1 Å². The Balaban J connectivity index is 2.24. The van der Waals surface area contributed by atoms with Gasteiger partial charge in [-0.15, -0.1) is 0 Å². The lowest BCUT2D eigenvalue weighted by Crippen LogP contribution is -1.85. The molecule has 0 amide bonds. The van der Waals surface area contributed by atoms with E-state index < -0.39 is 0 Å². The molecule has 0 spiro atoms. The minimum atomic E-state index is 1.16. The SMILES string of the molecule is ICCc1ccc(-c2ccccc2)cc1. The van der Waals surface area contributed by atoms with Gasteiger partial charge in [-0.05, 0) is 23.1 Å². The van der Waals surface area contributed by atoms with Crippen molar-refractivity contribution in [3.63, 3.8) is 0 Å². The number of hydrogen-bond donors (Lipinski definition) is 0. The Morgan fingerprint density at radius 1 is 0.733 bits per heavy atom. The maximum Gasteiger partial charge on any atom is 0.00358 e. The molecule has 2 rings (SSSR count). The van der Waals surface area contributed by atoms with Gasteiger partial charge in [0.15, 0.2) is 0 Å². The maximum absolute atomic E-state index is 2.41. The smallest absolute Gasteiger partial charge is 0.00358 e. The van der Waals surface area contributed by atoms with Crippen molar-refractivity contribution in [3.8, 4) is 11.1 Å². The molecule has 0 fully saturated rings. The van der Waals surface area contributed by atoms with Gasteiger partial charge >= 0.3 is 0 Å². The van der Waals surface area contributed by atoms with Gasteiger partial charge in [0.25, 0.3) is 0 Å². The fraction of sp³-hybridized carbons (Fsp3) is 0.143. The molecule has 2 aromatic carbocycles. The average Bonchev–Trinajstić information content (AvgIpc) is 2.32. The molecule has 76 valence electrons. The summed E-state index contributed by atoms with van der Waals surface area (Å²) < 4.78 is 1.18.